The Kier molecular flexibility index (Phi) is 3.79. The van der Waals surface area contributed by atoms with E-state index < -0.39 is 6.09 Å². The summed E-state index contributed by atoms with van der Waals surface area (Å²) in [5.41, 5.74) is 5.21. The van der Waals surface area contributed by atoms with E-state index in [0.717, 1.165) is 6.42 Å². The summed E-state index contributed by atoms with van der Waals surface area (Å²) in [5.74, 6) is 0. The second kappa shape index (κ2) is 4.14. The highest BCUT2D eigenvalue weighted by molar-refractivity contribution is 5.64. The molecule has 9 heavy (non-hydrogen) atoms. The Balaban J connectivity index is 3.43. The van der Waals surface area contributed by atoms with Crippen LogP contribution in [0.2, 0.25) is 0 Å². The van der Waals surface area contributed by atoms with Crippen molar-refractivity contribution in [1.29, 1.82) is 0 Å². The monoisotopic (exact) mass is 132 g/mol. The zero-order valence-corrected chi connectivity index (χ0v) is 5.42. The highest BCUT2D eigenvalue weighted by Gasteiger charge is 2.04. The van der Waals surface area contributed by atoms with E-state index in [4.69, 9.17) is 10.8 Å². The molecule has 0 aliphatic heterocycles. The lowest BCUT2D eigenvalue weighted by Gasteiger charge is -2.10. The van der Waals surface area contributed by atoms with E-state index in [1.807, 2.05) is 6.92 Å². The maximum atomic E-state index is 9.96. The number of carboxylic acid groups (broad SMARTS) is 1. The van der Waals surface area contributed by atoms with Crippen LogP contribution < -0.4 is 11.1 Å². The first-order chi connectivity index (χ1) is 4.20. The van der Waals surface area contributed by atoms with Crippen molar-refractivity contribution in [2.24, 2.45) is 5.73 Å². The molecule has 0 fully saturated rings. The molecule has 0 saturated heterocycles. The maximum Gasteiger partial charge on any atom is 0.404 e. The van der Waals surface area contributed by atoms with E-state index in [0.29, 0.717) is 6.54 Å². The normalized spacial score (nSPS) is 12.7. The first-order valence-electron chi connectivity index (χ1n) is 2.90. The molecule has 1 atom stereocenters. The summed E-state index contributed by atoms with van der Waals surface area (Å²) in [7, 11) is 0. The minimum absolute atomic E-state index is 0.0949. The molecular formula is C5H12N2O2. The summed E-state index contributed by atoms with van der Waals surface area (Å²) in [6.45, 7) is 2.25. The Labute approximate surface area is 54.0 Å². The van der Waals surface area contributed by atoms with Gasteiger partial charge in [0, 0.05) is 12.6 Å². The van der Waals surface area contributed by atoms with Gasteiger partial charge in [0.25, 0.3) is 0 Å². The topological polar surface area (TPSA) is 75.3 Å². The summed E-state index contributed by atoms with van der Waals surface area (Å²) in [6.07, 6.45) is -0.268. The highest BCUT2D eigenvalue weighted by atomic mass is 16.4. The summed E-state index contributed by atoms with van der Waals surface area (Å²) >= 11 is 0. The van der Waals surface area contributed by atoms with Gasteiger partial charge in [-0.25, -0.2) is 4.79 Å². The Morgan fingerprint density at radius 3 is 2.56 bits per heavy atom. The molecule has 0 rings (SSSR count). The van der Waals surface area contributed by atoms with Crippen LogP contribution in [0.25, 0.3) is 0 Å². The van der Waals surface area contributed by atoms with E-state index in [9.17, 15) is 4.79 Å². The van der Waals surface area contributed by atoms with Gasteiger partial charge in [-0.2, -0.15) is 0 Å². The molecule has 0 radical (unpaired) electrons. The molecule has 4 nitrogen and oxygen atoms in total. The average molecular weight is 132 g/mol. The van der Waals surface area contributed by atoms with Crippen LogP contribution in [0.5, 0.6) is 0 Å². The Morgan fingerprint density at radius 1 is 1.89 bits per heavy atom. The molecule has 0 heterocycles. The summed E-state index contributed by atoms with van der Waals surface area (Å²) in [4.78, 5) is 9.96. The third-order valence-corrected chi connectivity index (χ3v) is 1.10. The largest absolute Gasteiger partial charge is 0.465 e. The average Bonchev–Trinajstić information content (AvgIpc) is 1.82. The van der Waals surface area contributed by atoms with Crippen molar-refractivity contribution in [1.82, 2.24) is 5.32 Å². The Morgan fingerprint density at radius 2 is 2.44 bits per heavy atom. The minimum Gasteiger partial charge on any atom is -0.465 e. The highest BCUT2D eigenvalue weighted by Crippen LogP contribution is 1.85. The maximum absolute atomic E-state index is 9.96. The summed E-state index contributed by atoms with van der Waals surface area (Å²) in [5, 5.41) is 10.5. The van der Waals surface area contributed by atoms with Gasteiger partial charge in [0.15, 0.2) is 0 Å². The van der Waals surface area contributed by atoms with E-state index in [1.165, 1.54) is 0 Å². The summed E-state index contributed by atoms with van der Waals surface area (Å²) < 4.78 is 0. The van der Waals surface area contributed by atoms with Crippen molar-refractivity contribution in [2.75, 3.05) is 6.54 Å². The van der Waals surface area contributed by atoms with E-state index in [1.54, 1.807) is 0 Å². The molecule has 0 aromatic heterocycles. The zero-order valence-electron chi connectivity index (χ0n) is 5.42. The second-order valence-corrected chi connectivity index (χ2v) is 1.79. The number of hydrogen-bond acceptors (Lipinski definition) is 2. The first-order valence-corrected chi connectivity index (χ1v) is 2.90. The van der Waals surface area contributed by atoms with Gasteiger partial charge in [-0.15, -0.1) is 0 Å². The lowest BCUT2D eigenvalue weighted by atomic mass is 10.2. The number of rotatable bonds is 3. The van der Waals surface area contributed by atoms with Gasteiger partial charge in [0.2, 0.25) is 0 Å². The molecule has 4 N–H and O–H groups in total. The van der Waals surface area contributed by atoms with Gasteiger partial charge in [0.1, 0.15) is 0 Å². The van der Waals surface area contributed by atoms with Gasteiger partial charge >= 0.3 is 6.09 Å². The van der Waals surface area contributed by atoms with Gasteiger partial charge in [0.05, 0.1) is 0 Å². The lowest BCUT2D eigenvalue weighted by molar-refractivity contribution is 0.190. The Hall–Kier alpha value is -0.770. The standard InChI is InChI=1S/C5H12N2O2/c1-2-4(3-6)7-5(8)9/h4,7H,2-3,6H2,1H3,(H,8,9)/t4-/m0/s1. The third kappa shape index (κ3) is 3.78. The number of carbonyl (C=O) groups is 1. The fourth-order valence-corrected chi connectivity index (χ4v) is 0.502. The predicted molar refractivity (Wildman–Crippen MR) is 34.3 cm³/mol. The molecule has 0 spiro atoms. The molecular weight excluding hydrogens is 120 g/mol. The molecule has 1 amide bonds. The minimum atomic E-state index is -1.01. The summed E-state index contributed by atoms with van der Waals surface area (Å²) in [6, 6.07) is -0.0949. The molecule has 0 aliphatic rings. The van der Waals surface area contributed by atoms with Crippen molar-refractivity contribution in [3.05, 3.63) is 0 Å². The van der Waals surface area contributed by atoms with Crippen molar-refractivity contribution in [2.45, 2.75) is 19.4 Å². The van der Waals surface area contributed by atoms with Crippen LogP contribution in [0.15, 0.2) is 0 Å². The quantitative estimate of drug-likeness (QED) is 0.505. The lowest BCUT2D eigenvalue weighted by Crippen LogP contribution is -2.38. The fourth-order valence-electron chi connectivity index (χ4n) is 0.502. The van der Waals surface area contributed by atoms with E-state index in [-0.39, 0.29) is 6.04 Å². The second-order valence-electron chi connectivity index (χ2n) is 1.79. The van der Waals surface area contributed by atoms with Gasteiger partial charge in [-0.3, -0.25) is 0 Å². The third-order valence-electron chi connectivity index (χ3n) is 1.10. The number of nitrogens with one attached hydrogen (secondary N) is 1. The van der Waals surface area contributed by atoms with Gasteiger partial charge in [-0.05, 0) is 6.42 Å². The molecule has 4 heteroatoms. The number of amides is 1. The molecule has 0 unspecified atom stereocenters. The van der Waals surface area contributed by atoms with Crippen molar-refractivity contribution < 1.29 is 9.90 Å². The fraction of sp³-hybridized carbons (Fsp3) is 0.800. The van der Waals surface area contributed by atoms with Crippen LogP contribution in [0, 0.1) is 0 Å². The molecule has 0 aromatic carbocycles. The van der Waals surface area contributed by atoms with Crippen molar-refractivity contribution in [3.8, 4) is 0 Å². The van der Waals surface area contributed by atoms with Crippen LogP contribution >= 0.6 is 0 Å². The van der Waals surface area contributed by atoms with Crippen LogP contribution in [-0.4, -0.2) is 23.8 Å². The first kappa shape index (κ1) is 8.23. The van der Waals surface area contributed by atoms with E-state index >= 15 is 0 Å². The van der Waals surface area contributed by atoms with Crippen LogP contribution in [-0.2, 0) is 0 Å². The molecule has 0 aliphatic carbocycles. The predicted octanol–water partition coefficient (Wildman–Crippen LogP) is -0.00870. The zero-order chi connectivity index (χ0) is 7.28. The molecule has 0 bridgehead atoms. The van der Waals surface area contributed by atoms with Crippen LogP contribution in [0.4, 0.5) is 4.79 Å². The van der Waals surface area contributed by atoms with Gasteiger partial charge in [-0.1, -0.05) is 6.92 Å². The van der Waals surface area contributed by atoms with Crippen LogP contribution in [0.1, 0.15) is 13.3 Å². The Bertz CT molecular complexity index is 91.0. The van der Waals surface area contributed by atoms with Crippen LogP contribution in [0.3, 0.4) is 0 Å². The van der Waals surface area contributed by atoms with Gasteiger partial charge < -0.3 is 16.2 Å². The number of nitrogens with two attached hydrogens (primary N) is 1. The molecule has 54 valence electrons. The number of hydrogen-bond donors (Lipinski definition) is 3. The van der Waals surface area contributed by atoms with Crippen molar-refractivity contribution in [3.63, 3.8) is 0 Å². The smallest absolute Gasteiger partial charge is 0.404 e. The van der Waals surface area contributed by atoms with E-state index in [2.05, 4.69) is 5.32 Å². The molecule has 0 saturated carbocycles. The molecule has 0 aromatic rings. The SMILES string of the molecule is CC[C@@H](CN)NC(=O)O. The van der Waals surface area contributed by atoms with Crippen molar-refractivity contribution >= 4 is 6.09 Å².